The highest BCUT2D eigenvalue weighted by molar-refractivity contribution is 5.71. The fraction of sp³-hybridized carbons (Fsp3) is 0.350. The molecular formula is C20H20F3NO2. The van der Waals surface area contributed by atoms with Crippen molar-refractivity contribution in [2.45, 2.75) is 44.9 Å². The molecule has 1 aliphatic heterocycles. The second-order valence-electron chi connectivity index (χ2n) is 7.35. The standard InChI is InChI=1S/C20H20F3NO2/c1-19(2,3)26-18(25)24-17(13-8-10-15(21)11-9-13)16-7-5-4-6-14(16)12-20(24,22)23/h4-11,17H,12H2,1-3H3/t17-/m0/s1. The minimum absolute atomic E-state index is 0.393. The van der Waals surface area contributed by atoms with Crippen LogP contribution in [-0.2, 0) is 11.2 Å². The lowest BCUT2D eigenvalue weighted by molar-refractivity contribution is -0.156. The van der Waals surface area contributed by atoms with Crippen LogP contribution < -0.4 is 0 Å². The van der Waals surface area contributed by atoms with Crippen LogP contribution >= 0.6 is 0 Å². The summed E-state index contributed by atoms with van der Waals surface area (Å²) in [5, 5.41) is 0. The zero-order valence-electron chi connectivity index (χ0n) is 14.8. The molecule has 0 aliphatic carbocycles. The minimum atomic E-state index is -3.43. The lowest BCUT2D eigenvalue weighted by Crippen LogP contribution is -2.53. The molecule has 1 heterocycles. The van der Waals surface area contributed by atoms with Crippen molar-refractivity contribution < 1.29 is 22.7 Å². The molecule has 26 heavy (non-hydrogen) atoms. The van der Waals surface area contributed by atoms with E-state index in [0.717, 1.165) is 0 Å². The number of benzene rings is 2. The van der Waals surface area contributed by atoms with Gasteiger partial charge in [0.1, 0.15) is 11.4 Å². The van der Waals surface area contributed by atoms with E-state index in [-0.39, 0.29) is 0 Å². The van der Waals surface area contributed by atoms with Gasteiger partial charge >= 0.3 is 12.1 Å². The molecule has 2 aromatic rings. The quantitative estimate of drug-likeness (QED) is 0.644. The molecule has 0 saturated carbocycles. The van der Waals surface area contributed by atoms with E-state index in [1.54, 1.807) is 45.0 Å². The first kappa shape index (κ1) is 18.3. The first-order chi connectivity index (χ1) is 12.1. The topological polar surface area (TPSA) is 29.5 Å². The van der Waals surface area contributed by atoms with E-state index in [1.807, 2.05) is 0 Å². The summed E-state index contributed by atoms with van der Waals surface area (Å²) in [7, 11) is 0. The highest BCUT2D eigenvalue weighted by atomic mass is 19.3. The summed E-state index contributed by atoms with van der Waals surface area (Å²) in [6, 6.07) is 7.44. The van der Waals surface area contributed by atoms with Gasteiger partial charge in [-0.1, -0.05) is 36.4 Å². The smallest absolute Gasteiger partial charge is 0.415 e. The number of nitrogens with zero attached hydrogens (tertiary/aromatic N) is 1. The van der Waals surface area contributed by atoms with Crippen molar-refractivity contribution in [2.75, 3.05) is 0 Å². The number of fused-ring (bicyclic) bond motifs is 1. The Morgan fingerprint density at radius 2 is 1.73 bits per heavy atom. The van der Waals surface area contributed by atoms with Gasteiger partial charge in [-0.15, -0.1) is 0 Å². The highest BCUT2D eigenvalue weighted by Gasteiger charge is 2.51. The van der Waals surface area contributed by atoms with Gasteiger partial charge in [0, 0.05) is 0 Å². The maximum atomic E-state index is 14.9. The third-order valence-electron chi connectivity index (χ3n) is 4.14. The maximum Gasteiger partial charge on any atom is 0.415 e. The van der Waals surface area contributed by atoms with Crippen molar-refractivity contribution in [3.8, 4) is 0 Å². The van der Waals surface area contributed by atoms with Gasteiger partial charge in [-0.3, -0.25) is 0 Å². The average Bonchev–Trinajstić information content (AvgIpc) is 2.51. The van der Waals surface area contributed by atoms with Crippen LogP contribution in [0.3, 0.4) is 0 Å². The van der Waals surface area contributed by atoms with Crippen LogP contribution in [0.4, 0.5) is 18.0 Å². The van der Waals surface area contributed by atoms with Gasteiger partial charge in [0.15, 0.2) is 0 Å². The Morgan fingerprint density at radius 3 is 2.35 bits per heavy atom. The molecule has 1 atom stereocenters. The molecule has 2 aromatic carbocycles. The Labute approximate surface area is 150 Å². The van der Waals surface area contributed by atoms with E-state index in [0.29, 0.717) is 21.6 Å². The van der Waals surface area contributed by atoms with Gasteiger partial charge in [-0.2, -0.15) is 8.78 Å². The van der Waals surface area contributed by atoms with Crippen molar-refractivity contribution in [1.82, 2.24) is 4.90 Å². The van der Waals surface area contributed by atoms with Crippen LogP contribution in [0.1, 0.15) is 43.5 Å². The lowest BCUT2D eigenvalue weighted by Gasteiger charge is -2.43. The maximum absolute atomic E-state index is 14.9. The summed E-state index contributed by atoms with van der Waals surface area (Å²) in [6.07, 6.45) is -1.70. The molecule has 138 valence electrons. The summed E-state index contributed by atoms with van der Waals surface area (Å²) < 4.78 is 48.4. The van der Waals surface area contributed by atoms with Crippen LogP contribution in [0, 0.1) is 5.82 Å². The SMILES string of the molecule is CC(C)(C)OC(=O)N1[C@@H](c2ccc(F)cc2)c2ccccc2CC1(F)F. The molecule has 1 amide bonds. The average molecular weight is 363 g/mol. The summed E-state index contributed by atoms with van der Waals surface area (Å²) in [5.74, 6) is -0.478. The molecule has 0 aromatic heterocycles. The number of halogens is 3. The molecular weight excluding hydrogens is 343 g/mol. The fourth-order valence-corrected chi connectivity index (χ4v) is 3.13. The van der Waals surface area contributed by atoms with Gasteiger partial charge in [0.25, 0.3) is 0 Å². The number of carbonyl (C=O) groups excluding carboxylic acids is 1. The van der Waals surface area contributed by atoms with Gasteiger partial charge < -0.3 is 4.74 Å². The van der Waals surface area contributed by atoms with Crippen molar-refractivity contribution in [2.24, 2.45) is 0 Å². The van der Waals surface area contributed by atoms with Crippen molar-refractivity contribution in [1.29, 1.82) is 0 Å². The van der Waals surface area contributed by atoms with Crippen molar-refractivity contribution in [3.05, 3.63) is 71.0 Å². The highest BCUT2D eigenvalue weighted by Crippen LogP contribution is 2.44. The van der Waals surface area contributed by atoms with Crippen LogP contribution in [-0.4, -0.2) is 22.6 Å². The van der Waals surface area contributed by atoms with E-state index in [2.05, 4.69) is 0 Å². The van der Waals surface area contributed by atoms with Gasteiger partial charge in [-0.25, -0.2) is 14.1 Å². The predicted molar refractivity (Wildman–Crippen MR) is 91.4 cm³/mol. The van der Waals surface area contributed by atoms with Gasteiger partial charge in [0.05, 0.1) is 12.5 Å². The van der Waals surface area contributed by atoms with Crippen LogP contribution in [0.5, 0.6) is 0 Å². The first-order valence-electron chi connectivity index (χ1n) is 8.32. The Morgan fingerprint density at radius 1 is 1.12 bits per heavy atom. The number of amides is 1. The zero-order chi connectivity index (χ0) is 19.1. The van der Waals surface area contributed by atoms with Crippen molar-refractivity contribution in [3.63, 3.8) is 0 Å². The Hall–Kier alpha value is -2.50. The Bertz CT molecular complexity index is 813. The lowest BCUT2D eigenvalue weighted by atomic mass is 9.87. The summed E-state index contributed by atoms with van der Waals surface area (Å²) in [4.78, 5) is 13.1. The summed E-state index contributed by atoms with van der Waals surface area (Å²) >= 11 is 0. The number of carbonyl (C=O) groups is 1. The third-order valence-corrected chi connectivity index (χ3v) is 4.14. The van der Waals surface area contributed by atoms with Crippen LogP contribution in [0.25, 0.3) is 0 Å². The number of hydrogen-bond acceptors (Lipinski definition) is 2. The van der Waals surface area contributed by atoms with E-state index in [1.165, 1.54) is 24.3 Å². The van der Waals surface area contributed by atoms with E-state index in [9.17, 15) is 18.0 Å². The molecule has 3 rings (SSSR count). The van der Waals surface area contributed by atoms with E-state index < -0.39 is 36.0 Å². The monoisotopic (exact) mass is 363 g/mol. The third kappa shape index (κ3) is 3.54. The van der Waals surface area contributed by atoms with Crippen LogP contribution in [0.15, 0.2) is 48.5 Å². The normalized spacial score (nSPS) is 19.0. The molecule has 1 aliphatic rings. The number of ether oxygens (including phenoxy) is 1. The molecule has 3 nitrogen and oxygen atoms in total. The van der Waals surface area contributed by atoms with Gasteiger partial charge in [0.2, 0.25) is 0 Å². The minimum Gasteiger partial charge on any atom is -0.444 e. The molecule has 0 spiro atoms. The Balaban J connectivity index is 2.15. The summed E-state index contributed by atoms with van der Waals surface area (Å²) in [6.45, 7) is 4.86. The molecule has 6 heteroatoms. The Kier molecular flexibility index (Phi) is 4.46. The van der Waals surface area contributed by atoms with E-state index >= 15 is 0 Å². The van der Waals surface area contributed by atoms with Crippen LogP contribution in [0.2, 0.25) is 0 Å². The first-order valence-corrected chi connectivity index (χ1v) is 8.32. The molecule has 0 bridgehead atoms. The second kappa shape index (κ2) is 6.34. The fourth-order valence-electron chi connectivity index (χ4n) is 3.13. The zero-order valence-corrected chi connectivity index (χ0v) is 14.8. The van der Waals surface area contributed by atoms with Gasteiger partial charge in [-0.05, 0) is 49.6 Å². The van der Waals surface area contributed by atoms with Crippen molar-refractivity contribution >= 4 is 6.09 Å². The molecule has 0 N–H and O–H groups in total. The molecule has 0 radical (unpaired) electrons. The number of rotatable bonds is 1. The number of hydrogen-bond donors (Lipinski definition) is 0. The molecule has 0 saturated heterocycles. The predicted octanol–water partition coefficient (Wildman–Crippen LogP) is 5.30. The summed E-state index contributed by atoms with van der Waals surface area (Å²) in [5.41, 5.74) is 0.504. The second-order valence-corrected chi connectivity index (χ2v) is 7.35. The van der Waals surface area contributed by atoms with E-state index in [4.69, 9.17) is 4.74 Å². The molecule has 0 fully saturated rings. The number of alkyl halides is 2. The largest absolute Gasteiger partial charge is 0.444 e. The molecule has 0 unspecified atom stereocenters.